The minimum Gasteiger partial charge on any atom is -0.339 e. The minimum absolute atomic E-state index is 0.143. The van der Waals surface area contributed by atoms with Crippen LogP contribution in [-0.2, 0) is 9.59 Å². The maximum Gasteiger partial charge on any atom is 0.227 e. The third-order valence-electron chi connectivity index (χ3n) is 2.57. The lowest BCUT2D eigenvalue weighted by molar-refractivity contribution is -0.125. The molecule has 0 aliphatic heterocycles. The maximum atomic E-state index is 11.7. The van der Waals surface area contributed by atoms with Gasteiger partial charge < -0.3 is 10.6 Å². The van der Waals surface area contributed by atoms with E-state index in [1.54, 1.807) is 31.7 Å². The molecule has 0 bridgehead atoms. The quantitative estimate of drug-likeness (QED) is 0.381. The van der Waals surface area contributed by atoms with Crippen LogP contribution in [0.25, 0.3) is 0 Å². The molecule has 18 heavy (non-hydrogen) atoms. The third kappa shape index (κ3) is 5.63. The van der Waals surface area contributed by atoms with Gasteiger partial charge in [0.2, 0.25) is 11.8 Å². The summed E-state index contributed by atoms with van der Waals surface area (Å²) in [6, 6.07) is 0. The molecule has 0 aromatic rings. The molecule has 2 atom stereocenters. The van der Waals surface area contributed by atoms with Crippen molar-refractivity contribution in [1.29, 1.82) is 0 Å². The van der Waals surface area contributed by atoms with Gasteiger partial charge in [-0.3, -0.25) is 9.59 Å². The van der Waals surface area contributed by atoms with Crippen LogP contribution >= 0.6 is 0 Å². The van der Waals surface area contributed by atoms with Gasteiger partial charge in [-0.1, -0.05) is 26.0 Å². The molecule has 0 aliphatic rings. The summed E-state index contributed by atoms with van der Waals surface area (Å²) < 4.78 is 0. The van der Waals surface area contributed by atoms with Crippen LogP contribution in [0.1, 0.15) is 13.8 Å². The van der Waals surface area contributed by atoms with Gasteiger partial charge in [-0.15, -0.1) is 25.4 Å². The second kappa shape index (κ2) is 8.47. The fourth-order valence-electron chi connectivity index (χ4n) is 1.14. The maximum absolute atomic E-state index is 11.7. The molecule has 0 rings (SSSR count). The highest BCUT2D eigenvalue weighted by molar-refractivity contribution is 6.44. The van der Waals surface area contributed by atoms with Crippen LogP contribution < -0.4 is 10.6 Å². The first-order chi connectivity index (χ1) is 8.46. The molecule has 2 amide bonds. The molecule has 100 valence electrons. The largest absolute Gasteiger partial charge is 0.339 e. The van der Waals surface area contributed by atoms with Crippen molar-refractivity contribution in [2.24, 2.45) is 11.8 Å². The Morgan fingerprint density at radius 1 is 1.00 bits per heavy atom. The van der Waals surface area contributed by atoms with E-state index >= 15 is 0 Å². The van der Waals surface area contributed by atoms with Crippen molar-refractivity contribution in [3.05, 3.63) is 37.6 Å². The van der Waals surface area contributed by atoms with Crippen molar-refractivity contribution in [2.75, 3.05) is 0 Å². The first-order valence-electron chi connectivity index (χ1n) is 5.93. The molecule has 0 aliphatic carbocycles. The molecule has 0 spiro atoms. The lowest BCUT2D eigenvalue weighted by Crippen LogP contribution is -2.53. The summed E-state index contributed by atoms with van der Waals surface area (Å²) in [6.07, 6.45) is 3.13. The Balaban J connectivity index is 4.52. The molecule has 0 aromatic carbocycles. The molecule has 0 saturated heterocycles. The molecule has 5 heteroatoms. The number of carbonyl (C=O) groups excluding carboxylic acids is 2. The van der Waals surface area contributed by atoms with Crippen molar-refractivity contribution < 1.29 is 9.59 Å². The van der Waals surface area contributed by atoms with Crippen LogP contribution in [0, 0.1) is 11.8 Å². The van der Waals surface area contributed by atoms with Crippen LogP contribution in [0.15, 0.2) is 37.6 Å². The smallest absolute Gasteiger partial charge is 0.227 e. The molecular weight excluding hydrogens is 244 g/mol. The molecule has 0 heterocycles. The van der Waals surface area contributed by atoms with E-state index in [-0.39, 0.29) is 29.4 Å². The highest BCUT2D eigenvalue weighted by atomic mass is 28.2. The number of rotatable bonds is 8. The summed E-state index contributed by atoms with van der Waals surface area (Å²) in [5, 5.41) is 5.59. The van der Waals surface area contributed by atoms with Gasteiger partial charge in [-0.2, -0.15) is 0 Å². The Hall–Kier alpha value is -1.62. The van der Waals surface area contributed by atoms with Gasteiger partial charge in [0.15, 0.2) is 0 Å². The highest BCUT2D eigenvalue weighted by Crippen LogP contribution is 1.98. The van der Waals surface area contributed by atoms with E-state index in [9.17, 15) is 9.59 Å². The standard InChI is InChI=1S/C13H22N2O2Si/c1-6-9(4)11(16)14-13(18-8-3)15-12(17)10(5)7-2/h6-10,13H,1-3,18H2,4-5H3,(H,14,16)(H,15,17). The Morgan fingerprint density at radius 3 is 1.67 bits per heavy atom. The van der Waals surface area contributed by atoms with E-state index < -0.39 is 9.52 Å². The monoisotopic (exact) mass is 266 g/mol. The second-order valence-corrected chi connectivity index (χ2v) is 6.01. The van der Waals surface area contributed by atoms with Gasteiger partial charge in [0.1, 0.15) is 0 Å². The van der Waals surface area contributed by atoms with Gasteiger partial charge in [0.05, 0.1) is 27.1 Å². The van der Waals surface area contributed by atoms with Crippen LogP contribution in [0.5, 0.6) is 0 Å². The molecule has 4 nitrogen and oxygen atoms in total. The predicted octanol–water partition coefficient (Wildman–Crippen LogP) is 0.459. The van der Waals surface area contributed by atoms with E-state index in [2.05, 4.69) is 30.4 Å². The van der Waals surface area contributed by atoms with Crippen LogP contribution in [-0.4, -0.2) is 27.1 Å². The summed E-state index contributed by atoms with van der Waals surface area (Å²) in [7, 11) is -0.798. The van der Waals surface area contributed by atoms with Gasteiger partial charge in [0.25, 0.3) is 0 Å². The van der Waals surface area contributed by atoms with Crippen LogP contribution in [0.3, 0.4) is 0 Å². The van der Waals surface area contributed by atoms with E-state index in [1.807, 2.05) is 0 Å². The van der Waals surface area contributed by atoms with Crippen molar-refractivity contribution >= 4 is 21.3 Å². The topological polar surface area (TPSA) is 58.2 Å². The summed E-state index contributed by atoms with van der Waals surface area (Å²) in [4.78, 5) is 23.4. The van der Waals surface area contributed by atoms with Crippen LogP contribution in [0.2, 0.25) is 0 Å². The molecule has 0 aromatic heterocycles. The lowest BCUT2D eigenvalue weighted by atomic mass is 10.1. The Labute approximate surface area is 111 Å². The number of hydrogen-bond donors (Lipinski definition) is 2. The number of nitrogens with one attached hydrogen (secondary N) is 2. The fraction of sp³-hybridized carbons (Fsp3) is 0.385. The minimum atomic E-state index is -0.798. The van der Waals surface area contributed by atoms with Crippen LogP contribution in [0.4, 0.5) is 0 Å². The fourth-order valence-corrected chi connectivity index (χ4v) is 2.11. The average molecular weight is 266 g/mol. The van der Waals surface area contributed by atoms with Gasteiger partial charge in [-0.25, -0.2) is 0 Å². The van der Waals surface area contributed by atoms with E-state index in [0.717, 1.165) is 0 Å². The van der Waals surface area contributed by atoms with Crippen molar-refractivity contribution in [3.8, 4) is 0 Å². The zero-order chi connectivity index (χ0) is 14.1. The average Bonchev–Trinajstić information content (AvgIpc) is 2.36. The van der Waals surface area contributed by atoms with Crippen molar-refractivity contribution in [2.45, 2.75) is 19.6 Å². The summed E-state index contributed by atoms with van der Waals surface area (Å²) in [6.45, 7) is 14.3. The van der Waals surface area contributed by atoms with Crippen molar-refractivity contribution in [1.82, 2.24) is 10.6 Å². The summed E-state index contributed by atoms with van der Waals surface area (Å²) in [5.41, 5.74) is 1.78. The number of carbonyl (C=O) groups is 2. The normalized spacial score (nSPS) is 15.4. The molecule has 0 fully saturated rings. The molecule has 2 N–H and O–H groups in total. The van der Waals surface area contributed by atoms with Gasteiger partial charge in [0, 0.05) is 0 Å². The van der Waals surface area contributed by atoms with Gasteiger partial charge in [-0.05, 0) is 0 Å². The molecule has 0 radical (unpaired) electrons. The molecule has 2 unspecified atom stereocenters. The molecular formula is C13H22N2O2Si. The number of amides is 2. The second-order valence-electron chi connectivity index (χ2n) is 4.14. The number of hydrogen-bond acceptors (Lipinski definition) is 2. The summed E-state index contributed by atoms with van der Waals surface area (Å²) >= 11 is 0. The van der Waals surface area contributed by atoms with E-state index in [0.29, 0.717) is 0 Å². The predicted molar refractivity (Wildman–Crippen MR) is 77.5 cm³/mol. The Kier molecular flexibility index (Phi) is 7.70. The SMILES string of the molecule is C=C[SiH2]C(NC(=O)C(C)C=C)NC(=O)C(C)C=C. The van der Waals surface area contributed by atoms with Gasteiger partial charge >= 0.3 is 0 Å². The molecule has 0 saturated carbocycles. The lowest BCUT2D eigenvalue weighted by Gasteiger charge is -2.21. The first-order valence-corrected chi connectivity index (χ1v) is 7.56. The van der Waals surface area contributed by atoms with E-state index in [1.165, 1.54) is 0 Å². The zero-order valence-corrected chi connectivity index (χ0v) is 12.5. The Morgan fingerprint density at radius 2 is 1.39 bits per heavy atom. The van der Waals surface area contributed by atoms with E-state index in [4.69, 9.17) is 0 Å². The highest BCUT2D eigenvalue weighted by Gasteiger charge is 2.18. The third-order valence-corrected chi connectivity index (χ3v) is 3.78. The Bertz CT molecular complexity index is 314. The van der Waals surface area contributed by atoms with Crippen molar-refractivity contribution in [3.63, 3.8) is 0 Å². The summed E-state index contributed by atoms with van der Waals surface area (Å²) in [5.74, 6) is -1.15. The first kappa shape index (κ1) is 16.4. The zero-order valence-electron chi connectivity index (χ0n) is 11.1.